The molecule has 2 saturated heterocycles. The van der Waals surface area contributed by atoms with Crippen molar-refractivity contribution in [3.05, 3.63) is 24.3 Å². The molecule has 0 saturated carbocycles. The number of cyclic esters (lactones) is 1. The van der Waals surface area contributed by atoms with Gasteiger partial charge in [-0.05, 0) is 18.2 Å². The van der Waals surface area contributed by atoms with Crippen molar-refractivity contribution in [2.45, 2.75) is 6.30 Å². The van der Waals surface area contributed by atoms with E-state index in [0.717, 1.165) is 11.4 Å². The molecule has 2 aliphatic heterocycles. The van der Waals surface area contributed by atoms with Crippen LogP contribution < -0.4 is 9.80 Å². The highest BCUT2D eigenvalue weighted by atomic mass is 19.1. The summed E-state index contributed by atoms with van der Waals surface area (Å²) in [6.07, 6.45) is -1.49. The van der Waals surface area contributed by atoms with Crippen LogP contribution in [0.3, 0.4) is 0 Å². The van der Waals surface area contributed by atoms with Crippen molar-refractivity contribution >= 4 is 17.5 Å². The summed E-state index contributed by atoms with van der Waals surface area (Å²) in [5, 5.41) is 0. The van der Waals surface area contributed by atoms with Crippen LogP contribution >= 0.6 is 0 Å². The first-order chi connectivity index (χ1) is 9.25. The Hall–Kier alpha value is -1.82. The third-order valence-corrected chi connectivity index (χ3v) is 3.30. The number of amides is 1. The molecule has 1 amide bonds. The van der Waals surface area contributed by atoms with Gasteiger partial charge in [0.25, 0.3) is 0 Å². The summed E-state index contributed by atoms with van der Waals surface area (Å²) in [5.74, 6) is 0. The Bertz CT molecular complexity index is 483. The van der Waals surface area contributed by atoms with E-state index in [0.29, 0.717) is 26.3 Å². The molecule has 0 bridgehead atoms. The highest BCUT2D eigenvalue weighted by molar-refractivity contribution is 5.90. The van der Waals surface area contributed by atoms with E-state index in [9.17, 15) is 9.18 Å². The molecule has 0 aliphatic carbocycles. The van der Waals surface area contributed by atoms with Crippen LogP contribution in [0.4, 0.5) is 20.6 Å². The monoisotopic (exact) mass is 266 g/mol. The number of carbonyl (C=O) groups excluding carboxylic acids is 1. The number of anilines is 2. The largest absolute Gasteiger partial charge is 0.447 e. The SMILES string of the molecule is O=C1OCCN1c1cccc(N2CCOCC2F)c1. The molecular formula is C13H15FN2O3. The minimum atomic E-state index is -1.14. The lowest BCUT2D eigenvalue weighted by molar-refractivity contribution is 0.0497. The Balaban J connectivity index is 1.85. The van der Waals surface area contributed by atoms with Gasteiger partial charge in [-0.15, -0.1) is 0 Å². The number of hydrogen-bond acceptors (Lipinski definition) is 4. The van der Waals surface area contributed by atoms with Gasteiger partial charge in [0.15, 0.2) is 6.30 Å². The van der Waals surface area contributed by atoms with Gasteiger partial charge in [-0.2, -0.15) is 0 Å². The fraction of sp³-hybridized carbons (Fsp3) is 0.462. The normalized spacial score (nSPS) is 23.6. The summed E-state index contributed by atoms with van der Waals surface area (Å²) in [6.45, 7) is 2.03. The van der Waals surface area contributed by atoms with E-state index in [1.54, 1.807) is 9.80 Å². The lowest BCUT2D eigenvalue weighted by atomic mass is 10.2. The number of rotatable bonds is 2. The van der Waals surface area contributed by atoms with Gasteiger partial charge in [-0.25, -0.2) is 9.18 Å². The number of carbonyl (C=O) groups is 1. The van der Waals surface area contributed by atoms with Crippen molar-refractivity contribution in [3.63, 3.8) is 0 Å². The van der Waals surface area contributed by atoms with E-state index in [-0.39, 0.29) is 12.7 Å². The number of hydrogen-bond donors (Lipinski definition) is 0. The zero-order valence-electron chi connectivity index (χ0n) is 10.4. The third-order valence-electron chi connectivity index (χ3n) is 3.30. The second kappa shape index (κ2) is 5.05. The van der Waals surface area contributed by atoms with Crippen LogP contribution in [0.5, 0.6) is 0 Å². The Morgan fingerprint density at radius 1 is 1.21 bits per heavy atom. The molecule has 1 aromatic rings. The summed E-state index contributed by atoms with van der Waals surface area (Å²) < 4.78 is 23.8. The summed E-state index contributed by atoms with van der Waals surface area (Å²) in [6, 6.07) is 7.29. The van der Waals surface area contributed by atoms with Gasteiger partial charge in [0, 0.05) is 17.9 Å². The van der Waals surface area contributed by atoms with E-state index in [1.807, 2.05) is 24.3 Å². The zero-order valence-corrected chi connectivity index (χ0v) is 10.4. The molecule has 1 unspecified atom stereocenters. The molecule has 6 heteroatoms. The number of benzene rings is 1. The maximum Gasteiger partial charge on any atom is 0.414 e. The summed E-state index contributed by atoms with van der Waals surface area (Å²) in [4.78, 5) is 14.7. The van der Waals surface area contributed by atoms with Crippen molar-refractivity contribution in [2.24, 2.45) is 0 Å². The molecule has 0 radical (unpaired) electrons. The van der Waals surface area contributed by atoms with Crippen LogP contribution in [0.25, 0.3) is 0 Å². The average molecular weight is 266 g/mol. The highest BCUT2D eigenvalue weighted by Gasteiger charge is 2.26. The third kappa shape index (κ3) is 2.35. The van der Waals surface area contributed by atoms with Gasteiger partial charge >= 0.3 is 6.09 Å². The number of nitrogens with zero attached hydrogens (tertiary/aromatic N) is 2. The molecule has 5 nitrogen and oxygen atoms in total. The van der Waals surface area contributed by atoms with Crippen molar-refractivity contribution in [3.8, 4) is 0 Å². The smallest absolute Gasteiger partial charge is 0.414 e. The van der Waals surface area contributed by atoms with Crippen LogP contribution in [0.15, 0.2) is 24.3 Å². The fourth-order valence-corrected chi connectivity index (χ4v) is 2.33. The molecule has 2 fully saturated rings. The molecule has 1 atom stereocenters. The molecule has 102 valence electrons. The minimum Gasteiger partial charge on any atom is -0.447 e. The minimum absolute atomic E-state index is 0.0793. The van der Waals surface area contributed by atoms with Gasteiger partial charge < -0.3 is 14.4 Å². The van der Waals surface area contributed by atoms with Crippen molar-refractivity contribution in [2.75, 3.05) is 42.7 Å². The molecule has 3 rings (SSSR count). The molecule has 2 aliphatic rings. The number of ether oxygens (including phenoxy) is 2. The van der Waals surface area contributed by atoms with Gasteiger partial charge in [0.1, 0.15) is 6.61 Å². The molecule has 0 N–H and O–H groups in total. The second-order valence-electron chi connectivity index (χ2n) is 4.49. The summed E-state index contributed by atoms with van der Waals surface area (Å²) in [7, 11) is 0. The average Bonchev–Trinajstić information content (AvgIpc) is 2.86. The fourth-order valence-electron chi connectivity index (χ4n) is 2.33. The standard InChI is InChI=1S/C13H15FN2O3/c14-12-9-18-6-4-15(12)10-2-1-3-11(8-10)16-5-7-19-13(16)17/h1-3,8,12H,4-7,9H2. The predicted octanol–water partition coefficient (Wildman–Crippen LogP) is 1.78. The Morgan fingerprint density at radius 2 is 2.05 bits per heavy atom. The second-order valence-corrected chi connectivity index (χ2v) is 4.49. The summed E-state index contributed by atoms with van der Waals surface area (Å²) in [5.41, 5.74) is 1.49. The Labute approximate surface area is 110 Å². The van der Waals surface area contributed by atoms with Gasteiger partial charge in [0.05, 0.1) is 19.8 Å². The first-order valence-electron chi connectivity index (χ1n) is 6.28. The number of morpholine rings is 1. The van der Waals surface area contributed by atoms with E-state index in [1.165, 1.54) is 0 Å². The highest BCUT2D eigenvalue weighted by Crippen LogP contribution is 2.27. The topological polar surface area (TPSA) is 42.0 Å². The van der Waals surface area contributed by atoms with Crippen LogP contribution in [0.2, 0.25) is 0 Å². The Morgan fingerprint density at radius 3 is 2.79 bits per heavy atom. The molecule has 2 heterocycles. The lowest BCUT2D eigenvalue weighted by Gasteiger charge is -2.32. The van der Waals surface area contributed by atoms with Gasteiger partial charge in [-0.3, -0.25) is 4.90 Å². The van der Waals surface area contributed by atoms with Crippen LogP contribution in [0.1, 0.15) is 0 Å². The van der Waals surface area contributed by atoms with E-state index < -0.39 is 6.30 Å². The van der Waals surface area contributed by atoms with Crippen molar-refractivity contribution in [1.29, 1.82) is 0 Å². The first kappa shape index (κ1) is 12.2. The van der Waals surface area contributed by atoms with Crippen molar-refractivity contribution < 1.29 is 18.7 Å². The summed E-state index contributed by atoms with van der Waals surface area (Å²) >= 11 is 0. The predicted molar refractivity (Wildman–Crippen MR) is 68.2 cm³/mol. The number of halogens is 1. The maximum atomic E-state index is 13.8. The molecule has 19 heavy (non-hydrogen) atoms. The van der Waals surface area contributed by atoms with Crippen LogP contribution in [-0.4, -0.2) is 45.3 Å². The van der Waals surface area contributed by atoms with E-state index in [2.05, 4.69) is 0 Å². The molecular weight excluding hydrogens is 251 g/mol. The van der Waals surface area contributed by atoms with Crippen LogP contribution in [0, 0.1) is 0 Å². The van der Waals surface area contributed by atoms with Gasteiger partial charge in [0.2, 0.25) is 0 Å². The molecule has 0 aromatic heterocycles. The van der Waals surface area contributed by atoms with Gasteiger partial charge in [-0.1, -0.05) is 6.07 Å². The van der Waals surface area contributed by atoms with Crippen LogP contribution in [-0.2, 0) is 9.47 Å². The lowest BCUT2D eigenvalue weighted by Crippen LogP contribution is -2.42. The maximum absolute atomic E-state index is 13.8. The van der Waals surface area contributed by atoms with Crippen molar-refractivity contribution in [1.82, 2.24) is 0 Å². The van der Waals surface area contributed by atoms with E-state index in [4.69, 9.17) is 9.47 Å². The molecule has 1 aromatic carbocycles. The van der Waals surface area contributed by atoms with E-state index >= 15 is 0 Å². The Kier molecular flexibility index (Phi) is 3.25. The zero-order chi connectivity index (χ0) is 13.2. The quantitative estimate of drug-likeness (QED) is 0.765. The first-order valence-corrected chi connectivity index (χ1v) is 6.28. The molecule has 0 spiro atoms. The number of alkyl halides is 1.